The number of nitrogens with zero attached hydrogens (tertiary/aromatic N) is 4. The zero-order chi connectivity index (χ0) is 18.7. The molecule has 26 heavy (non-hydrogen) atoms. The van der Waals surface area contributed by atoms with Crippen LogP contribution in [0.25, 0.3) is 5.69 Å². The number of anilines is 1. The molecule has 9 heteroatoms. The number of carbonyl (C=O) groups is 1. The standard InChI is InChI=1S/C17H15Cl2N5OS/c1-10-3-5-13(7-11(10)2)24-17(21-22-23-24)26-9-16(25)20-15-8-12(18)4-6-14(15)19/h3-8H,9H2,1-2H3,(H,20,25). The van der Waals surface area contributed by atoms with Crippen LogP contribution in [0.1, 0.15) is 11.1 Å². The molecule has 0 fully saturated rings. The van der Waals surface area contributed by atoms with Crippen molar-refractivity contribution in [1.29, 1.82) is 0 Å². The van der Waals surface area contributed by atoms with Crippen molar-refractivity contribution in [3.05, 3.63) is 57.6 Å². The highest BCUT2D eigenvalue weighted by atomic mass is 35.5. The van der Waals surface area contributed by atoms with E-state index >= 15 is 0 Å². The third-order valence-electron chi connectivity index (χ3n) is 3.71. The first-order valence-electron chi connectivity index (χ1n) is 7.68. The lowest BCUT2D eigenvalue weighted by Crippen LogP contribution is -2.15. The van der Waals surface area contributed by atoms with Gasteiger partial charge in [0, 0.05) is 5.02 Å². The highest BCUT2D eigenvalue weighted by Gasteiger charge is 2.13. The zero-order valence-electron chi connectivity index (χ0n) is 14.0. The highest BCUT2D eigenvalue weighted by Crippen LogP contribution is 2.26. The molecule has 0 aliphatic rings. The fraction of sp³-hybridized carbons (Fsp3) is 0.176. The number of carbonyl (C=O) groups excluding carboxylic acids is 1. The molecule has 0 radical (unpaired) electrons. The van der Waals surface area contributed by atoms with Crippen LogP contribution >= 0.6 is 35.0 Å². The maximum atomic E-state index is 12.2. The molecule has 1 heterocycles. The summed E-state index contributed by atoms with van der Waals surface area (Å²) >= 11 is 13.2. The van der Waals surface area contributed by atoms with Gasteiger partial charge in [0.05, 0.1) is 22.2 Å². The van der Waals surface area contributed by atoms with Gasteiger partial charge >= 0.3 is 0 Å². The van der Waals surface area contributed by atoms with E-state index in [1.54, 1.807) is 22.9 Å². The van der Waals surface area contributed by atoms with Crippen LogP contribution in [0, 0.1) is 13.8 Å². The number of hydrogen-bond acceptors (Lipinski definition) is 5. The first-order chi connectivity index (χ1) is 12.4. The van der Waals surface area contributed by atoms with Crippen molar-refractivity contribution in [2.24, 2.45) is 0 Å². The van der Waals surface area contributed by atoms with E-state index in [0.717, 1.165) is 11.3 Å². The number of amides is 1. The molecule has 0 atom stereocenters. The van der Waals surface area contributed by atoms with Crippen LogP contribution < -0.4 is 5.32 Å². The minimum absolute atomic E-state index is 0.133. The average Bonchev–Trinajstić information content (AvgIpc) is 3.07. The summed E-state index contributed by atoms with van der Waals surface area (Å²) in [6, 6.07) is 10.8. The SMILES string of the molecule is Cc1ccc(-n2nnnc2SCC(=O)Nc2cc(Cl)ccc2Cl)cc1C. The van der Waals surface area contributed by atoms with Gasteiger partial charge in [-0.2, -0.15) is 4.68 Å². The van der Waals surface area contributed by atoms with E-state index in [-0.39, 0.29) is 11.7 Å². The normalized spacial score (nSPS) is 10.8. The summed E-state index contributed by atoms with van der Waals surface area (Å²) in [4.78, 5) is 12.2. The quantitative estimate of drug-likeness (QED) is 0.637. The first-order valence-corrected chi connectivity index (χ1v) is 9.42. The van der Waals surface area contributed by atoms with Gasteiger partial charge < -0.3 is 5.32 Å². The van der Waals surface area contributed by atoms with Crippen LogP contribution in [0.4, 0.5) is 5.69 Å². The molecule has 0 saturated carbocycles. The lowest BCUT2D eigenvalue weighted by atomic mass is 10.1. The van der Waals surface area contributed by atoms with E-state index in [9.17, 15) is 4.79 Å². The van der Waals surface area contributed by atoms with E-state index in [4.69, 9.17) is 23.2 Å². The minimum Gasteiger partial charge on any atom is -0.324 e. The van der Waals surface area contributed by atoms with Crippen molar-refractivity contribution < 1.29 is 4.79 Å². The molecular formula is C17H15Cl2N5OS. The summed E-state index contributed by atoms with van der Waals surface area (Å²) in [5.41, 5.74) is 3.65. The molecule has 1 N–H and O–H groups in total. The summed E-state index contributed by atoms with van der Waals surface area (Å²) < 4.78 is 1.61. The zero-order valence-corrected chi connectivity index (χ0v) is 16.4. The third kappa shape index (κ3) is 4.35. The molecular weight excluding hydrogens is 393 g/mol. The van der Waals surface area contributed by atoms with Gasteiger partial charge in [-0.05, 0) is 65.7 Å². The molecule has 6 nitrogen and oxygen atoms in total. The Morgan fingerprint density at radius 2 is 1.96 bits per heavy atom. The molecule has 0 bridgehead atoms. The van der Waals surface area contributed by atoms with Gasteiger partial charge in [-0.3, -0.25) is 4.79 Å². The lowest BCUT2D eigenvalue weighted by Gasteiger charge is -2.08. The average molecular weight is 408 g/mol. The predicted octanol–water partition coefficient (Wildman–Crippen LogP) is 4.32. The summed E-state index contributed by atoms with van der Waals surface area (Å²) in [5.74, 6) is -0.0950. The Balaban J connectivity index is 1.69. The fourth-order valence-electron chi connectivity index (χ4n) is 2.20. The molecule has 0 aliphatic heterocycles. The summed E-state index contributed by atoms with van der Waals surface area (Å²) in [6.07, 6.45) is 0. The van der Waals surface area contributed by atoms with E-state index in [1.165, 1.54) is 17.3 Å². The Kier molecular flexibility index (Phi) is 5.80. The van der Waals surface area contributed by atoms with E-state index in [0.29, 0.717) is 20.9 Å². The number of halogens is 2. The van der Waals surface area contributed by atoms with Crippen molar-refractivity contribution in [1.82, 2.24) is 20.2 Å². The van der Waals surface area contributed by atoms with Crippen molar-refractivity contribution in [2.45, 2.75) is 19.0 Å². The van der Waals surface area contributed by atoms with Crippen molar-refractivity contribution in [2.75, 3.05) is 11.1 Å². The van der Waals surface area contributed by atoms with E-state index in [2.05, 4.69) is 20.8 Å². The van der Waals surface area contributed by atoms with Gasteiger partial charge in [0.15, 0.2) is 0 Å². The summed E-state index contributed by atoms with van der Waals surface area (Å²) in [5, 5.41) is 15.9. The molecule has 134 valence electrons. The molecule has 0 spiro atoms. The second-order valence-corrected chi connectivity index (χ2v) is 7.39. The van der Waals surface area contributed by atoms with Crippen LogP contribution in [-0.4, -0.2) is 31.9 Å². The molecule has 1 aromatic heterocycles. The van der Waals surface area contributed by atoms with Crippen LogP contribution in [-0.2, 0) is 4.79 Å². The number of aromatic nitrogens is 4. The third-order valence-corrected chi connectivity index (χ3v) is 5.19. The number of benzene rings is 2. The maximum absolute atomic E-state index is 12.2. The van der Waals surface area contributed by atoms with Crippen molar-refractivity contribution in [3.8, 4) is 5.69 Å². The van der Waals surface area contributed by atoms with Crippen molar-refractivity contribution >= 4 is 46.6 Å². The van der Waals surface area contributed by atoms with Crippen molar-refractivity contribution in [3.63, 3.8) is 0 Å². The summed E-state index contributed by atoms with van der Waals surface area (Å²) in [7, 11) is 0. The van der Waals surface area contributed by atoms with E-state index in [1.807, 2.05) is 32.0 Å². The fourth-order valence-corrected chi connectivity index (χ4v) is 3.23. The Morgan fingerprint density at radius 1 is 1.15 bits per heavy atom. The van der Waals surface area contributed by atoms with Crippen LogP contribution in [0.5, 0.6) is 0 Å². The number of nitrogens with one attached hydrogen (secondary N) is 1. The number of hydrogen-bond donors (Lipinski definition) is 1. The smallest absolute Gasteiger partial charge is 0.234 e. The van der Waals surface area contributed by atoms with Gasteiger partial charge in [-0.1, -0.05) is 41.0 Å². The van der Waals surface area contributed by atoms with Gasteiger partial charge in [0.1, 0.15) is 0 Å². The second kappa shape index (κ2) is 8.07. The van der Waals surface area contributed by atoms with Crippen LogP contribution in [0.15, 0.2) is 41.6 Å². The Labute approximate surface area is 164 Å². The summed E-state index contributed by atoms with van der Waals surface area (Å²) in [6.45, 7) is 4.07. The van der Waals surface area contributed by atoms with Gasteiger partial charge in [0.2, 0.25) is 11.1 Å². The molecule has 0 saturated heterocycles. The Hall–Kier alpha value is -2.09. The topological polar surface area (TPSA) is 72.7 Å². The predicted molar refractivity (Wildman–Crippen MR) is 104 cm³/mol. The van der Waals surface area contributed by atoms with Crippen LogP contribution in [0.3, 0.4) is 0 Å². The monoisotopic (exact) mass is 407 g/mol. The van der Waals surface area contributed by atoms with E-state index < -0.39 is 0 Å². The Bertz CT molecular complexity index is 960. The minimum atomic E-state index is -0.228. The number of tetrazole rings is 1. The number of aryl methyl sites for hydroxylation is 2. The molecule has 2 aromatic carbocycles. The van der Waals surface area contributed by atoms with Gasteiger partial charge in [-0.25, -0.2) is 0 Å². The Morgan fingerprint density at radius 3 is 2.73 bits per heavy atom. The molecule has 1 amide bonds. The second-order valence-electron chi connectivity index (χ2n) is 5.60. The lowest BCUT2D eigenvalue weighted by molar-refractivity contribution is -0.113. The van der Waals surface area contributed by atoms with Crippen LogP contribution in [0.2, 0.25) is 10.0 Å². The highest BCUT2D eigenvalue weighted by molar-refractivity contribution is 7.99. The number of rotatable bonds is 5. The molecule has 3 aromatic rings. The largest absolute Gasteiger partial charge is 0.324 e. The van der Waals surface area contributed by atoms with Gasteiger partial charge in [0.25, 0.3) is 0 Å². The first kappa shape index (κ1) is 18.7. The van der Waals surface area contributed by atoms with Gasteiger partial charge in [-0.15, -0.1) is 5.10 Å². The maximum Gasteiger partial charge on any atom is 0.234 e. The molecule has 0 unspecified atom stereocenters. The molecule has 3 rings (SSSR count). The number of thioether (sulfide) groups is 1. The molecule has 0 aliphatic carbocycles.